The number of aryl methyl sites for hydroxylation is 2. The molecule has 2 aliphatic rings. The Labute approximate surface area is 154 Å². The molecule has 1 fully saturated rings. The molecule has 26 heavy (non-hydrogen) atoms. The topological polar surface area (TPSA) is 72.5 Å². The molecule has 3 rings (SSSR count). The van der Waals surface area contributed by atoms with Crippen LogP contribution in [0.25, 0.3) is 0 Å². The smallest absolute Gasteiger partial charge is 0.331 e. The monoisotopic (exact) mass is 357 g/mol. The summed E-state index contributed by atoms with van der Waals surface area (Å²) in [6, 6.07) is 5.87. The van der Waals surface area contributed by atoms with Gasteiger partial charge in [0.15, 0.2) is 5.78 Å². The van der Waals surface area contributed by atoms with Crippen molar-refractivity contribution in [3.8, 4) is 0 Å². The molecule has 1 aromatic carbocycles. The summed E-state index contributed by atoms with van der Waals surface area (Å²) in [5, 5.41) is 2.87. The third-order valence-electron chi connectivity index (χ3n) is 5.66. The van der Waals surface area contributed by atoms with E-state index in [9.17, 15) is 14.4 Å². The first kappa shape index (κ1) is 18.6. The number of Topliss-reactive ketones (excluding diaryl/α,β-unsaturated/α-hetero) is 1. The van der Waals surface area contributed by atoms with E-state index in [0.717, 1.165) is 38.5 Å². The maximum Gasteiger partial charge on any atom is 0.331 e. The molecule has 2 aliphatic carbocycles. The predicted octanol–water partition coefficient (Wildman–Crippen LogP) is 3.13. The molecule has 140 valence electrons. The molecule has 0 radical (unpaired) electrons. The maximum absolute atomic E-state index is 12.4. The van der Waals surface area contributed by atoms with Crippen LogP contribution >= 0.6 is 0 Å². The summed E-state index contributed by atoms with van der Waals surface area (Å²) in [5.41, 5.74) is 2.35. The molecule has 0 atom stereocenters. The average Bonchev–Trinajstić information content (AvgIpc) is 3.13. The number of carbonyl (C=O) groups is 3. The lowest BCUT2D eigenvalue weighted by atomic mass is 9.81. The molecule has 0 bridgehead atoms. The van der Waals surface area contributed by atoms with Crippen LogP contribution in [0.5, 0.6) is 0 Å². The lowest BCUT2D eigenvalue weighted by molar-refractivity contribution is -0.152. The Balaban J connectivity index is 1.57. The molecule has 1 saturated carbocycles. The summed E-state index contributed by atoms with van der Waals surface area (Å²) in [6.45, 7) is 0. The first-order valence-electron chi connectivity index (χ1n) is 9.58. The number of ketones is 1. The van der Waals surface area contributed by atoms with Crippen molar-refractivity contribution in [2.75, 3.05) is 7.11 Å². The fourth-order valence-electron chi connectivity index (χ4n) is 4.18. The second kappa shape index (κ2) is 8.02. The number of rotatable bonds is 6. The molecular formula is C21H27NO4. The highest BCUT2D eigenvalue weighted by atomic mass is 16.5. The predicted molar refractivity (Wildman–Crippen MR) is 98.0 cm³/mol. The Morgan fingerprint density at radius 2 is 1.73 bits per heavy atom. The molecule has 0 aromatic heterocycles. The van der Waals surface area contributed by atoms with E-state index in [1.165, 1.54) is 18.2 Å². The van der Waals surface area contributed by atoms with E-state index in [4.69, 9.17) is 4.74 Å². The normalized spacial score (nSPS) is 18.0. The van der Waals surface area contributed by atoms with Gasteiger partial charge in [0.2, 0.25) is 5.91 Å². The van der Waals surface area contributed by atoms with Gasteiger partial charge in [-0.05, 0) is 49.3 Å². The van der Waals surface area contributed by atoms with E-state index in [0.29, 0.717) is 18.4 Å². The fourth-order valence-corrected chi connectivity index (χ4v) is 4.18. The van der Waals surface area contributed by atoms with Gasteiger partial charge in [-0.25, -0.2) is 4.79 Å². The third-order valence-corrected chi connectivity index (χ3v) is 5.66. The van der Waals surface area contributed by atoms with Crippen molar-refractivity contribution < 1.29 is 19.1 Å². The van der Waals surface area contributed by atoms with E-state index in [1.807, 2.05) is 18.2 Å². The number of benzene rings is 1. The highest BCUT2D eigenvalue weighted by molar-refractivity contribution is 5.98. The number of amides is 1. The lowest BCUT2D eigenvalue weighted by Gasteiger charge is -2.35. The second-order valence-electron chi connectivity index (χ2n) is 7.44. The van der Waals surface area contributed by atoms with Gasteiger partial charge < -0.3 is 10.1 Å². The third kappa shape index (κ3) is 3.97. The zero-order valence-electron chi connectivity index (χ0n) is 15.4. The van der Waals surface area contributed by atoms with Gasteiger partial charge in [0.1, 0.15) is 5.54 Å². The van der Waals surface area contributed by atoms with Crippen molar-refractivity contribution in [1.82, 2.24) is 5.32 Å². The SMILES string of the molecule is COC(=O)C1(NC(=O)CCC(=O)c2ccc3c(c2)CCC3)CCCCC1. The average molecular weight is 357 g/mol. The number of hydrogen-bond acceptors (Lipinski definition) is 4. The van der Waals surface area contributed by atoms with E-state index in [-0.39, 0.29) is 30.5 Å². The summed E-state index contributed by atoms with van der Waals surface area (Å²) in [4.78, 5) is 37.0. The van der Waals surface area contributed by atoms with Gasteiger partial charge in [-0.15, -0.1) is 0 Å². The van der Waals surface area contributed by atoms with Crippen LogP contribution in [-0.4, -0.2) is 30.3 Å². The van der Waals surface area contributed by atoms with Crippen LogP contribution in [-0.2, 0) is 27.2 Å². The number of carbonyl (C=O) groups excluding carboxylic acids is 3. The molecule has 1 aromatic rings. The highest BCUT2D eigenvalue weighted by Gasteiger charge is 2.41. The Bertz CT molecular complexity index is 704. The van der Waals surface area contributed by atoms with Crippen molar-refractivity contribution in [3.63, 3.8) is 0 Å². The first-order chi connectivity index (χ1) is 12.5. The zero-order valence-corrected chi connectivity index (χ0v) is 15.4. The van der Waals surface area contributed by atoms with Crippen molar-refractivity contribution in [1.29, 1.82) is 0 Å². The van der Waals surface area contributed by atoms with Gasteiger partial charge in [-0.1, -0.05) is 31.4 Å². The van der Waals surface area contributed by atoms with Crippen molar-refractivity contribution in [2.24, 2.45) is 0 Å². The van der Waals surface area contributed by atoms with Crippen molar-refractivity contribution >= 4 is 17.7 Å². The summed E-state index contributed by atoms with van der Waals surface area (Å²) < 4.78 is 4.91. The summed E-state index contributed by atoms with van der Waals surface area (Å²) in [5.74, 6) is -0.659. The Morgan fingerprint density at radius 3 is 2.46 bits per heavy atom. The van der Waals surface area contributed by atoms with E-state index in [2.05, 4.69) is 5.32 Å². The minimum absolute atomic E-state index is 0.0226. The molecule has 1 N–H and O–H groups in total. The molecule has 5 nitrogen and oxygen atoms in total. The van der Waals surface area contributed by atoms with Gasteiger partial charge in [-0.3, -0.25) is 9.59 Å². The molecule has 0 unspecified atom stereocenters. The van der Waals surface area contributed by atoms with E-state index >= 15 is 0 Å². The number of methoxy groups -OCH3 is 1. The van der Waals surface area contributed by atoms with Crippen LogP contribution in [0.2, 0.25) is 0 Å². The van der Waals surface area contributed by atoms with Crippen molar-refractivity contribution in [2.45, 2.75) is 69.7 Å². The van der Waals surface area contributed by atoms with Crippen LogP contribution in [0.3, 0.4) is 0 Å². The van der Waals surface area contributed by atoms with Crippen LogP contribution in [0.15, 0.2) is 18.2 Å². The molecule has 0 heterocycles. The number of fused-ring (bicyclic) bond motifs is 1. The molecule has 0 spiro atoms. The van der Waals surface area contributed by atoms with E-state index < -0.39 is 5.54 Å². The Kier molecular flexibility index (Phi) is 5.74. The van der Waals surface area contributed by atoms with Crippen LogP contribution in [0.1, 0.15) is 72.9 Å². The quantitative estimate of drug-likeness (QED) is 0.627. The minimum Gasteiger partial charge on any atom is -0.467 e. The van der Waals surface area contributed by atoms with E-state index in [1.54, 1.807) is 0 Å². The molecule has 5 heteroatoms. The van der Waals surface area contributed by atoms with Gasteiger partial charge in [0.25, 0.3) is 0 Å². The van der Waals surface area contributed by atoms with Crippen molar-refractivity contribution in [3.05, 3.63) is 34.9 Å². The standard InChI is InChI=1S/C21H27NO4/c1-26-20(25)21(12-3-2-4-13-21)22-19(24)11-10-18(23)17-9-8-15-6-5-7-16(15)14-17/h8-9,14H,2-7,10-13H2,1H3,(H,22,24). The number of hydrogen-bond donors (Lipinski definition) is 1. The molecule has 0 saturated heterocycles. The first-order valence-corrected chi connectivity index (χ1v) is 9.58. The minimum atomic E-state index is -0.916. The molecular weight excluding hydrogens is 330 g/mol. The Morgan fingerprint density at radius 1 is 1.00 bits per heavy atom. The summed E-state index contributed by atoms with van der Waals surface area (Å²) in [6.07, 6.45) is 7.55. The fraction of sp³-hybridized carbons (Fsp3) is 0.571. The van der Waals surface area contributed by atoms with Gasteiger partial charge in [-0.2, -0.15) is 0 Å². The summed E-state index contributed by atoms with van der Waals surface area (Å²) >= 11 is 0. The number of ether oxygens (including phenoxy) is 1. The zero-order chi connectivity index (χ0) is 18.6. The van der Waals surface area contributed by atoms with Crippen LogP contribution < -0.4 is 5.32 Å². The van der Waals surface area contributed by atoms with Crippen LogP contribution in [0.4, 0.5) is 0 Å². The second-order valence-corrected chi connectivity index (χ2v) is 7.44. The largest absolute Gasteiger partial charge is 0.467 e. The summed E-state index contributed by atoms with van der Waals surface area (Å²) in [7, 11) is 1.35. The number of esters is 1. The highest BCUT2D eigenvalue weighted by Crippen LogP contribution is 2.29. The lowest BCUT2D eigenvalue weighted by Crippen LogP contribution is -2.56. The van der Waals surface area contributed by atoms with Crippen LogP contribution in [0, 0.1) is 0 Å². The molecule has 0 aliphatic heterocycles. The van der Waals surface area contributed by atoms with Gasteiger partial charge >= 0.3 is 5.97 Å². The molecule has 1 amide bonds. The maximum atomic E-state index is 12.4. The number of nitrogens with one attached hydrogen (secondary N) is 1. The Hall–Kier alpha value is -2.17. The van der Waals surface area contributed by atoms with Gasteiger partial charge in [0, 0.05) is 18.4 Å². The van der Waals surface area contributed by atoms with Gasteiger partial charge in [0.05, 0.1) is 7.11 Å².